The minimum Gasteiger partial charge on any atom is -0.497 e. The fraction of sp³-hybridized carbons (Fsp3) is 0.500. The molecule has 1 heterocycles. The number of benzene rings is 2. The van der Waals surface area contributed by atoms with Gasteiger partial charge < -0.3 is 19.1 Å². The topological polar surface area (TPSA) is 46.9 Å². The van der Waals surface area contributed by atoms with Crippen molar-refractivity contribution in [2.24, 2.45) is 0 Å². The van der Waals surface area contributed by atoms with Crippen LogP contribution in [0.5, 0.6) is 11.5 Å². The van der Waals surface area contributed by atoms with E-state index in [1.165, 1.54) is 48.9 Å². The van der Waals surface area contributed by atoms with Crippen molar-refractivity contribution < 1.29 is 14.6 Å². The van der Waals surface area contributed by atoms with E-state index in [1.54, 1.807) is 7.11 Å². The van der Waals surface area contributed by atoms with Gasteiger partial charge in [-0.2, -0.15) is 0 Å². The summed E-state index contributed by atoms with van der Waals surface area (Å²) in [6.45, 7) is 9.32. The van der Waals surface area contributed by atoms with Crippen LogP contribution in [0.15, 0.2) is 66.9 Å². The number of ether oxygens (including phenoxy) is 2. The molecule has 200 valence electrons. The highest BCUT2D eigenvalue weighted by Gasteiger charge is 2.24. The molecule has 0 radical (unpaired) electrons. The monoisotopic (exact) mass is 504 g/mol. The summed E-state index contributed by atoms with van der Waals surface area (Å²) in [5.74, 6) is 1.54. The Bertz CT molecular complexity index is 1080. The van der Waals surface area contributed by atoms with Crippen LogP contribution in [0.1, 0.15) is 69.7 Å². The van der Waals surface area contributed by atoms with Gasteiger partial charge in [0.1, 0.15) is 24.2 Å². The van der Waals surface area contributed by atoms with Gasteiger partial charge in [0.15, 0.2) is 0 Å². The molecule has 0 bridgehead atoms. The summed E-state index contributed by atoms with van der Waals surface area (Å²) in [6, 6.07) is 21.4. The van der Waals surface area contributed by atoms with Crippen LogP contribution in [0, 0.1) is 0 Å². The van der Waals surface area contributed by atoms with E-state index in [-0.39, 0.29) is 12.0 Å². The Balaban J connectivity index is 1.40. The van der Waals surface area contributed by atoms with Crippen molar-refractivity contribution in [1.82, 2.24) is 9.47 Å². The maximum Gasteiger partial charge on any atom is 0.119 e. The fourth-order valence-corrected chi connectivity index (χ4v) is 5.24. The Hall–Kier alpha value is -2.76. The fourth-order valence-electron chi connectivity index (χ4n) is 5.24. The van der Waals surface area contributed by atoms with E-state index in [9.17, 15) is 5.11 Å². The Morgan fingerprint density at radius 3 is 2.27 bits per heavy atom. The lowest BCUT2D eigenvalue weighted by molar-refractivity contribution is 0.0388. The summed E-state index contributed by atoms with van der Waals surface area (Å²) in [4.78, 5) is 2.48. The van der Waals surface area contributed by atoms with Crippen LogP contribution in [0.25, 0.3) is 0 Å². The van der Waals surface area contributed by atoms with Gasteiger partial charge in [-0.3, -0.25) is 4.90 Å². The van der Waals surface area contributed by atoms with Crippen LogP contribution >= 0.6 is 0 Å². The van der Waals surface area contributed by atoms with Gasteiger partial charge in [-0.05, 0) is 65.8 Å². The number of nitrogens with zero attached hydrogens (tertiary/aromatic N) is 2. The second-order valence-electron chi connectivity index (χ2n) is 11.4. The summed E-state index contributed by atoms with van der Waals surface area (Å²) in [5, 5.41) is 10.9. The molecule has 5 nitrogen and oxygen atoms in total. The molecule has 4 rings (SSSR count). The Morgan fingerprint density at radius 1 is 0.946 bits per heavy atom. The van der Waals surface area contributed by atoms with Crippen LogP contribution in [-0.2, 0) is 18.5 Å². The third-order valence-corrected chi connectivity index (χ3v) is 7.50. The minimum atomic E-state index is -0.558. The zero-order valence-corrected chi connectivity index (χ0v) is 23.0. The highest BCUT2D eigenvalue weighted by molar-refractivity contribution is 5.31. The van der Waals surface area contributed by atoms with E-state index in [2.05, 4.69) is 72.8 Å². The third-order valence-electron chi connectivity index (χ3n) is 7.50. The lowest BCUT2D eigenvalue weighted by atomic mass is 9.87. The van der Waals surface area contributed by atoms with Crippen molar-refractivity contribution >= 4 is 0 Å². The molecular formula is C32H44N2O3. The van der Waals surface area contributed by atoms with Crippen molar-refractivity contribution in [2.45, 2.75) is 83.5 Å². The zero-order valence-electron chi connectivity index (χ0n) is 23.0. The van der Waals surface area contributed by atoms with E-state index < -0.39 is 6.10 Å². The van der Waals surface area contributed by atoms with Gasteiger partial charge in [0.25, 0.3) is 0 Å². The second-order valence-corrected chi connectivity index (χ2v) is 11.4. The second kappa shape index (κ2) is 12.7. The number of hydrogen-bond acceptors (Lipinski definition) is 4. The molecule has 0 aliphatic heterocycles. The first-order valence-corrected chi connectivity index (χ1v) is 13.7. The minimum absolute atomic E-state index is 0.162. The van der Waals surface area contributed by atoms with Crippen molar-refractivity contribution in [1.29, 1.82) is 0 Å². The Morgan fingerprint density at radius 2 is 1.62 bits per heavy atom. The summed E-state index contributed by atoms with van der Waals surface area (Å²) >= 11 is 0. The van der Waals surface area contributed by atoms with Gasteiger partial charge >= 0.3 is 0 Å². The average molecular weight is 505 g/mol. The molecule has 5 heteroatoms. The van der Waals surface area contributed by atoms with Gasteiger partial charge in [0.2, 0.25) is 0 Å². The highest BCUT2D eigenvalue weighted by atomic mass is 16.5. The molecule has 0 saturated heterocycles. The van der Waals surface area contributed by atoms with Gasteiger partial charge in [-0.1, -0.05) is 64.3 Å². The highest BCUT2D eigenvalue weighted by Crippen LogP contribution is 2.26. The zero-order chi connectivity index (χ0) is 26.3. The molecule has 1 atom stereocenters. The molecule has 1 N–H and O–H groups in total. The van der Waals surface area contributed by atoms with E-state index in [0.717, 1.165) is 24.6 Å². The van der Waals surface area contributed by atoms with Crippen molar-refractivity contribution in [3.63, 3.8) is 0 Å². The number of methoxy groups -OCH3 is 1. The lowest BCUT2D eigenvalue weighted by Gasteiger charge is -2.35. The van der Waals surface area contributed by atoms with Crippen LogP contribution in [0.3, 0.4) is 0 Å². The van der Waals surface area contributed by atoms with E-state index in [1.807, 2.05) is 24.3 Å². The van der Waals surface area contributed by atoms with E-state index in [4.69, 9.17) is 9.47 Å². The third kappa shape index (κ3) is 7.86. The van der Waals surface area contributed by atoms with Crippen molar-refractivity contribution in [2.75, 3.05) is 20.3 Å². The molecular weight excluding hydrogens is 460 g/mol. The molecule has 0 spiro atoms. The van der Waals surface area contributed by atoms with Crippen molar-refractivity contribution in [3.8, 4) is 11.5 Å². The molecule has 2 aromatic carbocycles. The standard InChI is InChI=1S/C32H44N2O3/c1-32(2,3)26-14-12-25(13-15-26)21-33-20-8-11-28(33)22-34(27-9-6-5-7-10-27)23-29(35)24-37-31-18-16-30(36-4)17-19-31/h8,11-20,27,29,35H,5-7,9-10,21-24H2,1-4H3. The maximum atomic E-state index is 10.9. The van der Waals surface area contributed by atoms with Crippen LogP contribution in [0.2, 0.25) is 0 Å². The normalized spacial score (nSPS) is 15.6. The number of aromatic nitrogens is 1. The summed E-state index contributed by atoms with van der Waals surface area (Å²) in [6.07, 6.45) is 7.85. The Kier molecular flexibility index (Phi) is 9.33. The smallest absolute Gasteiger partial charge is 0.119 e. The van der Waals surface area contributed by atoms with Crippen LogP contribution < -0.4 is 9.47 Å². The number of rotatable bonds is 11. The molecule has 37 heavy (non-hydrogen) atoms. The first-order chi connectivity index (χ1) is 17.8. The molecule has 1 aliphatic carbocycles. The molecule has 1 unspecified atom stereocenters. The SMILES string of the molecule is COc1ccc(OCC(O)CN(Cc2cccn2Cc2ccc(C(C)(C)C)cc2)C2CCCCC2)cc1. The molecule has 3 aromatic rings. The van der Waals surface area contributed by atoms with E-state index in [0.29, 0.717) is 12.6 Å². The Labute approximate surface area is 223 Å². The largest absolute Gasteiger partial charge is 0.497 e. The summed E-state index contributed by atoms with van der Waals surface area (Å²) in [7, 11) is 1.65. The number of aliphatic hydroxyl groups is 1. The first kappa shape index (κ1) is 27.3. The molecule has 1 saturated carbocycles. The van der Waals surface area contributed by atoms with Gasteiger partial charge in [0.05, 0.1) is 7.11 Å². The van der Waals surface area contributed by atoms with E-state index >= 15 is 0 Å². The van der Waals surface area contributed by atoms with Crippen LogP contribution in [0.4, 0.5) is 0 Å². The van der Waals surface area contributed by atoms with Crippen LogP contribution in [-0.4, -0.2) is 47.0 Å². The predicted molar refractivity (Wildman–Crippen MR) is 150 cm³/mol. The maximum absolute atomic E-state index is 10.9. The van der Waals surface area contributed by atoms with Gasteiger partial charge in [-0.25, -0.2) is 0 Å². The van der Waals surface area contributed by atoms with Gasteiger partial charge in [-0.15, -0.1) is 0 Å². The number of aliphatic hydroxyl groups excluding tert-OH is 1. The van der Waals surface area contributed by atoms with Gasteiger partial charge in [0, 0.05) is 37.6 Å². The lowest BCUT2D eigenvalue weighted by Crippen LogP contribution is -2.43. The molecule has 1 aromatic heterocycles. The number of hydrogen-bond donors (Lipinski definition) is 1. The molecule has 0 amide bonds. The quantitative estimate of drug-likeness (QED) is 0.327. The van der Waals surface area contributed by atoms with Crippen molar-refractivity contribution in [3.05, 3.63) is 83.7 Å². The molecule has 1 aliphatic rings. The summed E-state index contributed by atoms with van der Waals surface area (Å²) in [5.41, 5.74) is 4.12. The predicted octanol–water partition coefficient (Wildman–Crippen LogP) is 6.42. The average Bonchev–Trinajstić information content (AvgIpc) is 3.34. The first-order valence-electron chi connectivity index (χ1n) is 13.7. The molecule has 1 fully saturated rings. The summed E-state index contributed by atoms with van der Waals surface area (Å²) < 4.78 is 13.5.